The minimum absolute atomic E-state index is 0.164. The molecule has 0 heterocycles. The minimum Gasteiger partial charge on any atom is -0.330 e. The molecule has 0 aromatic rings. The van der Waals surface area contributed by atoms with Gasteiger partial charge < -0.3 is 16.0 Å². The smallest absolute Gasteiger partial charge is 0.135 e. The van der Waals surface area contributed by atoms with E-state index in [1.807, 2.05) is 13.8 Å². The third-order valence-electron chi connectivity index (χ3n) is 3.57. The number of hydrogen-bond acceptors (Lipinski definition) is 3. The Balaban J connectivity index is 4.10. The summed E-state index contributed by atoms with van der Waals surface area (Å²) in [7, 11) is 2.26. The fourth-order valence-corrected chi connectivity index (χ4v) is 2.21. The summed E-state index contributed by atoms with van der Waals surface area (Å²) in [6, 6.07) is 0. The van der Waals surface area contributed by atoms with Crippen LogP contribution in [0.5, 0.6) is 0 Å². The molecule has 4 nitrogen and oxygen atoms in total. The topological polar surface area (TPSA) is 69.1 Å². The summed E-state index contributed by atoms with van der Waals surface area (Å²) in [5.41, 5.74) is 11.2. The second-order valence-corrected chi connectivity index (χ2v) is 5.80. The molecule has 0 rings (SSSR count). The van der Waals surface area contributed by atoms with Crippen molar-refractivity contribution in [2.45, 2.75) is 39.5 Å². The molecule has 108 valence electrons. The Bertz CT molecular complexity index is 221. The average Bonchev–Trinajstić information content (AvgIpc) is 2.34. The zero-order chi connectivity index (χ0) is 14.0. The maximum atomic E-state index is 11.6. The van der Waals surface area contributed by atoms with E-state index in [0.717, 1.165) is 56.5 Å². The van der Waals surface area contributed by atoms with Crippen LogP contribution in [0, 0.1) is 5.92 Å². The molecule has 0 aliphatic carbocycles. The van der Waals surface area contributed by atoms with Crippen LogP contribution in [0.3, 0.4) is 0 Å². The van der Waals surface area contributed by atoms with Crippen LogP contribution in [0.1, 0.15) is 39.5 Å². The van der Waals surface area contributed by atoms with Crippen LogP contribution in [-0.4, -0.2) is 50.0 Å². The van der Waals surface area contributed by atoms with E-state index in [-0.39, 0.29) is 5.92 Å². The van der Waals surface area contributed by atoms with Crippen molar-refractivity contribution >= 4 is 5.78 Å². The van der Waals surface area contributed by atoms with Crippen molar-refractivity contribution in [1.29, 1.82) is 0 Å². The van der Waals surface area contributed by atoms with Crippen LogP contribution in [-0.2, 0) is 4.79 Å². The Hall–Kier alpha value is -0.450. The average molecular weight is 258 g/mol. The number of rotatable bonds is 11. The molecule has 4 heteroatoms. The molecule has 0 fully saturated rings. The number of Topliss-reactive ketones (excluding diaryl/α,β-unsaturated/α-hetero) is 1. The van der Waals surface area contributed by atoms with Crippen molar-refractivity contribution in [2.75, 3.05) is 39.8 Å². The van der Waals surface area contributed by atoms with Crippen LogP contribution in [0.4, 0.5) is 0 Å². The molecule has 0 bridgehead atoms. The number of quaternary nitrogens is 1. The highest BCUT2D eigenvalue weighted by Crippen LogP contribution is 2.10. The lowest BCUT2D eigenvalue weighted by atomic mass is 10.0. The number of carbonyl (C=O) groups is 1. The van der Waals surface area contributed by atoms with Crippen molar-refractivity contribution in [1.82, 2.24) is 0 Å². The van der Waals surface area contributed by atoms with E-state index in [4.69, 9.17) is 11.5 Å². The standard InChI is InChI=1S/C14H32N3O/c1-13(2)14(18)7-4-10-17(3,11-5-8-15)12-6-9-16/h13H,4-12,15-16H2,1-3H3/q+1. The lowest BCUT2D eigenvalue weighted by Crippen LogP contribution is -2.47. The quantitative estimate of drug-likeness (QED) is 0.546. The Morgan fingerprint density at radius 1 is 1.00 bits per heavy atom. The summed E-state index contributed by atoms with van der Waals surface area (Å²) < 4.78 is 1.000. The largest absolute Gasteiger partial charge is 0.330 e. The maximum absolute atomic E-state index is 11.6. The summed E-state index contributed by atoms with van der Waals surface area (Å²) in [6.07, 6.45) is 3.76. The Labute approximate surface area is 112 Å². The number of nitrogens with two attached hydrogens (primary N) is 2. The molecule has 0 aromatic heterocycles. The molecule has 0 amide bonds. The first-order chi connectivity index (χ1) is 8.45. The van der Waals surface area contributed by atoms with Crippen LogP contribution >= 0.6 is 0 Å². The normalized spacial score (nSPS) is 12.1. The van der Waals surface area contributed by atoms with Gasteiger partial charge in [-0.1, -0.05) is 13.8 Å². The zero-order valence-electron chi connectivity index (χ0n) is 12.5. The maximum Gasteiger partial charge on any atom is 0.135 e. The van der Waals surface area contributed by atoms with Crippen molar-refractivity contribution in [3.05, 3.63) is 0 Å². The van der Waals surface area contributed by atoms with E-state index in [1.54, 1.807) is 0 Å². The van der Waals surface area contributed by atoms with Crippen LogP contribution in [0.25, 0.3) is 0 Å². The first kappa shape index (κ1) is 17.6. The third-order valence-corrected chi connectivity index (χ3v) is 3.57. The highest BCUT2D eigenvalue weighted by molar-refractivity contribution is 5.80. The van der Waals surface area contributed by atoms with Gasteiger partial charge in [0.15, 0.2) is 0 Å². The molecule has 4 N–H and O–H groups in total. The van der Waals surface area contributed by atoms with Gasteiger partial charge in [-0.2, -0.15) is 0 Å². The van der Waals surface area contributed by atoms with Gasteiger partial charge in [-0.15, -0.1) is 0 Å². The second kappa shape index (κ2) is 9.48. The van der Waals surface area contributed by atoms with Gasteiger partial charge in [0.1, 0.15) is 5.78 Å². The molecule has 0 radical (unpaired) electrons. The Morgan fingerprint density at radius 3 is 1.83 bits per heavy atom. The summed E-state index contributed by atoms with van der Waals surface area (Å²) in [5, 5.41) is 0. The van der Waals surface area contributed by atoms with Crippen LogP contribution in [0.15, 0.2) is 0 Å². The van der Waals surface area contributed by atoms with Crippen LogP contribution in [0.2, 0.25) is 0 Å². The van der Waals surface area contributed by atoms with Crippen molar-refractivity contribution in [3.63, 3.8) is 0 Å². The summed E-state index contributed by atoms with van der Waals surface area (Å²) in [5.74, 6) is 0.538. The molecular formula is C14H32N3O+. The molecule has 0 unspecified atom stereocenters. The monoisotopic (exact) mass is 258 g/mol. The van der Waals surface area contributed by atoms with Gasteiger partial charge in [0, 0.05) is 31.6 Å². The molecular weight excluding hydrogens is 226 g/mol. The van der Waals surface area contributed by atoms with Crippen molar-refractivity contribution < 1.29 is 9.28 Å². The fraction of sp³-hybridized carbons (Fsp3) is 0.929. The number of hydrogen-bond donors (Lipinski definition) is 2. The molecule has 0 aliphatic heterocycles. The minimum atomic E-state index is 0.164. The first-order valence-corrected chi connectivity index (χ1v) is 7.21. The van der Waals surface area contributed by atoms with E-state index in [0.29, 0.717) is 12.2 Å². The Kier molecular flexibility index (Phi) is 9.24. The Morgan fingerprint density at radius 2 is 1.44 bits per heavy atom. The fourth-order valence-electron chi connectivity index (χ4n) is 2.21. The van der Waals surface area contributed by atoms with E-state index >= 15 is 0 Å². The van der Waals surface area contributed by atoms with E-state index in [2.05, 4.69) is 7.05 Å². The van der Waals surface area contributed by atoms with Gasteiger partial charge in [0.2, 0.25) is 0 Å². The summed E-state index contributed by atoms with van der Waals surface area (Å²) in [4.78, 5) is 11.6. The third kappa shape index (κ3) is 7.80. The predicted molar refractivity (Wildman–Crippen MR) is 77.2 cm³/mol. The van der Waals surface area contributed by atoms with E-state index < -0.39 is 0 Å². The van der Waals surface area contributed by atoms with Gasteiger partial charge in [-0.25, -0.2) is 0 Å². The zero-order valence-corrected chi connectivity index (χ0v) is 12.5. The van der Waals surface area contributed by atoms with Crippen LogP contribution < -0.4 is 11.5 Å². The molecule has 0 saturated carbocycles. The van der Waals surface area contributed by atoms with Gasteiger partial charge in [-0.05, 0) is 13.1 Å². The number of ketones is 1. The predicted octanol–water partition coefficient (Wildman–Crippen LogP) is 1.14. The molecule has 0 aliphatic rings. The molecule has 0 saturated heterocycles. The van der Waals surface area contributed by atoms with Gasteiger partial charge >= 0.3 is 0 Å². The van der Waals surface area contributed by atoms with Gasteiger partial charge in [0.25, 0.3) is 0 Å². The second-order valence-electron chi connectivity index (χ2n) is 5.80. The lowest BCUT2D eigenvalue weighted by Gasteiger charge is -2.34. The van der Waals surface area contributed by atoms with Gasteiger partial charge in [0.05, 0.1) is 26.7 Å². The van der Waals surface area contributed by atoms with E-state index in [9.17, 15) is 4.79 Å². The number of nitrogens with zero attached hydrogens (tertiary/aromatic N) is 1. The van der Waals surface area contributed by atoms with Gasteiger partial charge in [-0.3, -0.25) is 4.79 Å². The highest BCUT2D eigenvalue weighted by Gasteiger charge is 2.20. The van der Waals surface area contributed by atoms with Crippen molar-refractivity contribution in [2.24, 2.45) is 17.4 Å². The summed E-state index contributed by atoms with van der Waals surface area (Å²) >= 11 is 0. The SMILES string of the molecule is CC(C)C(=O)CCC[N+](C)(CCCN)CCCN. The molecule has 18 heavy (non-hydrogen) atoms. The summed E-state index contributed by atoms with van der Waals surface area (Å²) in [6.45, 7) is 8.65. The highest BCUT2D eigenvalue weighted by atomic mass is 16.1. The van der Waals surface area contributed by atoms with Crippen molar-refractivity contribution in [3.8, 4) is 0 Å². The molecule has 0 atom stereocenters. The first-order valence-electron chi connectivity index (χ1n) is 7.21. The molecule has 0 spiro atoms. The molecule has 0 aromatic carbocycles. The lowest BCUT2D eigenvalue weighted by molar-refractivity contribution is -0.909. The number of carbonyl (C=O) groups excluding carboxylic acids is 1. The van der Waals surface area contributed by atoms with E-state index in [1.165, 1.54) is 0 Å².